The lowest BCUT2D eigenvalue weighted by Crippen LogP contribution is -2.29. The van der Waals surface area contributed by atoms with Gasteiger partial charge in [-0.2, -0.15) is 0 Å². The van der Waals surface area contributed by atoms with E-state index in [0.29, 0.717) is 17.7 Å². The molecule has 0 saturated heterocycles. The third kappa shape index (κ3) is 4.53. The zero-order valence-corrected chi connectivity index (χ0v) is 20.4. The molecule has 4 nitrogen and oxygen atoms in total. The van der Waals surface area contributed by atoms with E-state index in [1.807, 2.05) is 49.4 Å². The molecule has 3 aromatic rings. The minimum Gasteiger partial charge on any atom is -0.423 e. The largest absolute Gasteiger partial charge is 0.423 e. The second kappa shape index (κ2) is 8.80. The fourth-order valence-electron chi connectivity index (χ4n) is 4.60. The number of ether oxygens (including phenoxy) is 1. The number of hydrogen-bond donors (Lipinski definition) is 1. The number of aryl methyl sites for hydroxylation is 1. The highest BCUT2D eigenvalue weighted by molar-refractivity contribution is 8.00. The number of allylic oxidation sites excluding steroid dienone is 1. The number of anilines is 1. The first-order valence-electron chi connectivity index (χ1n) is 11.5. The van der Waals surface area contributed by atoms with Crippen LogP contribution in [0.2, 0.25) is 0 Å². The second-order valence-corrected chi connectivity index (χ2v) is 10.9. The van der Waals surface area contributed by atoms with Crippen LogP contribution in [0, 0.1) is 12.3 Å². The predicted octanol–water partition coefficient (Wildman–Crippen LogP) is 7.12. The Hall–Kier alpha value is -3.31. The number of ketones is 1. The molecule has 0 saturated carbocycles. The molecule has 2 aliphatic rings. The fraction of sp³-hybridized carbons (Fsp3) is 0.241. The number of fused-ring (bicyclic) bond motifs is 1. The van der Waals surface area contributed by atoms with Gasteiger partial charge in [0.05, 0.1) is 16.5 Å². The first-order chi connectivity index (χ1) is 16.3. The summed E-state index contributed by atoms with van der Waals surface area (Å²) >= 11 is 1.66. The van der Waals surface area contributed by atoms with Crippen molar-refractivity contribution in [2.75, 3.05) is 5.32 Å². The standard InChI is InChI=1S/C29H27NO3S/c1-18-11-13-19(14-12-18)28(32)33-21-8-6-7-20(15-21)27-26-23(16-29(2,3)17-24(26)31)30-22-9-4-5-10-25(22)34-27/h4-15,27,30H,16-17H2,1-3H3. The van der Waals surface area contributed by atoms with Gasteiger partial charge in [-0.3, -0.25) is 4.79 Å². The Morgan fingerprint density at radius 3 is 2.56 bits per heavy atom. The molecule has 1 N–H and O–H groups in total. The van der Waals surface area contributed by atoms with Crippen molar-refractivity contribution in [1.29, 1.82) is 0 Å². The first-order valence-corrected chi connectivity index (χ1v) is 12.3. The van der Waals surface area contributed by atoms with Gasteiger partial charge in [-0.1, -0.05) is 55.8 Å². The van der Waals surface area contributed by atoms with Crippen molar-refractivity contribution in [2.24, 2.45) is 5.41 Å². The Morgan fingerprint density at radius 1 is 1.00 bits per heavy atom. The molecule has 1 aliphatic heterocycles. The Labute approximate surface area is 204 Å². The molecule has 3 aromatic carbocycles. The van der Waals surface area contributed by atoms with Crippen LogP contribution in [0.4, 0.5) is 5.69 Å². The van der Waals surface area contributed by atoms with E-state index < -0.39 is 5.97 Å². The van der Waals surface area contributed by atoms with E-state index in [9.17, 15) is 9.59 Å². The van der Waals surface area contributed by atoms with Crippen LogP contribution in [-0.4, -0.2) is 11.8 Å². The second-order valence-electron chi connectivity index (χ2n) is 9.78. The van der Waals surface area contributed by atoms with Gasteiger partial charge in [-0.25, -0.2) is 4.79 Å². The van der Waals surface area contributed by atoms with Crippen molar-refractivity contribution in [1.82, 2.24) is 0 Å². The zero-order chi connectivity index (χ0) is 23.9. The molecule has 1 aliphatic carbocycles. The van der Waals surface area contributed by atoms with Crippen LogP contribution in [0.1, 0.15) is 53.4 Å². The smallest absolute Gasteiger partial charge is 0.343 e. The minimum absolute atomic E-state index is 0.0944. The lowest BCUT2D eigenvalue weighted by molar-refractivity contribution is -0.118. The van der Waals surface area contributed by atoms with Crippen molar-refractivity contribution >= 4 is 29.2 Å². The Balaban J connectivity index is 1.52. The monoisotopic (exact) mass is 469 g/mol. The summed E-state index contributed by atoms with van der Waals surface area (Å²) in [6, 6.07) is 23.0. The number of carbonyl (C=O) groups excluding carboxylic acids is 2. The maximum Gasteiger partial charge on any atom is 0.343 e. The van der Waals surface area contributed by atoms with Crippen LogP contribution in [0.3, 0.4) is 0 Å². The Bertz CT molecular complexity index is 1310. The summed E-state index contributed by atoms with van der Waals surface area (Å²) in [6.45, 7) is 6.26. The van der Waals surface area contributed by atoms with Crippen molar-refractivity contribution < 1.29 is 14.3 Å². The number of benzene rings is 3. The highest BCUT2D eigenvalue weighted by Gasteiger charge is 2.39. The zero-order valence-electron chi connectivity index (χ0n) is 19.6. The van der Waals surface area contributed by atoms with Gasteiger partial charge in [0.15, 0.2) is 5.78 Å². The molecule has 0 bridgehead atoms. The molecule has 34 heavy (non-hydrogen) atoms. The van der Waals surface area contributed by atoms with Gasteiger partial charge in [0, 0.05) is 22.6 Å². The first kappa shape index (κ1) is 22.5. The third-order valence-electron chi connectivity index (χ3n) is 6.26. The number of para-hydroxylation sites is 1. The minimum atomic E-state index is -0.395. The van der Waals surface area contributed by atoms with Gasteiger partial charge in [-0.15, -0.1) is 11.8 Å². The third-order valence-corrected chi connectivity index (χ3v) is 7.61. The predicted molar refractivity (Wildman–Crippen MR) is 136 cm³/mol. The van der Waals surface area contributed by atoms with E-state index in [1.165, 1.54) is 0 Å². The van der Waals surface area contributed by atoms with Crippen molar-refractivity contribution in [2.45, 2.75) is 43.8 Å². The molecule has 0 amide bonds. The maximum absolute atomic E-state index is 13.4. The number of rotatable bonds is 3. The summed E-state index contributed by atoms with van der Waals surface area (Å²) in [5, 5.41) is 3.39. The average Bonchev–Trinajstić information content (AvgIpc) is 2.95. The lowest BCUT2D eigenvalue weighted by Gasteiger charge is -2.34. The molecular formula is C29H27NO3S. The van der Waals surface area contributed by atoms with Crippen LogP contribution in [0.5, 0.6) is 5.75 Å². The number of hydrogen-bond acceptors (Lipinski definition) is 5. The molecule has 0 spiro atoms. The summed E-state index contributed by atoms with van der Waals surface area (Å²) in [6.07, 6.45) is 1.32. The number of esters is 1. The van der Waals surface area contributed by atoms with Gasteiger partial charge >= 0.3 is 5.97 Å². The normalized spacial score (nSPS) is 18.9. The fourth-order valence-corrected chi connectivity index (χ4v) is 5.93. The number of Topliss-reactive ketones (excluding diaryl/α,β-unsaturated/α-hetero) is 1. The highest BCUT2D eigenvalue weighted by Crippen LogP contribution is 2.52. The molecule has 5 heteroatoms. The SMILES string of the molecule is Cc1ccc(C(=O)Oc2cccc(C3Sc4ccccc4NC4=C3C(=O)CC(C)(C)C4)c2)cc1. The van der Waals surface area contributed by atoms with E-state index >= 15 is 0 Å². The topological polar surface area (TPSA) is 55.4 Å². The molecule has 5 rings (SSSR count). The van der Waals surface area contributed by atoms with E-state index in [0.717, 1.165) is 39.4 Å². The molecule has 1 unspecified atom stereocenters. The quantitative estimate of drug-likeness (QED) is 0.327. The molecule has 0 radical (unpaired) electrons. The van der Waals surface area contributed by atoms with Crippen molar-refractivity contribution in [3.8, 4) is 5.75 Å². The van der Waals surface area contributed by atoms with Crippen LogP contribution in [-0.2, 0) is 4.79 Å². The van der Waals surface area contributed by atoms with E-state index in [1.54, 1.807) is 30.0 Å². The van der Waals surface area contributed by atoms with Crippen LogP contribution in [0.25, 0.3) is 0 Å². The van der Waals surface area contributed by atoms with Gasteiger partial charge in [0.2, 0.25) is 0 Å². The van der Waals surface area contributed by atoms with Gasteiger partial charge in [-0.05, 0) is 60.7 Å². The average molecular weight is 470 g/mol. The van der Waals surface area contributed by atoms with Gasteiger partial charge in [0.25, 0.3) is 0 Å². The number of thioether (sulfide) groups is 1. The van der Waals surface area contributed by atoms with Crippen LogP contribution < -0.4 is 10.1 Å². The molecular weight excluding hydrogens is 442 g/mol. The van der Waals surface area contributed by atoms with Crippen LogP contribution in [0.15, 0.2) is 89.0 Å². The van der Waals surface area contributed by atoms with Gasteiger partial charge in [0.1, 0.15) is 5.75 Å². The highest BCUT2D eigenvalue weighted by atomic mass is 32.2. The van der Waals surface area contributed by atoms with Crippen molar-refractivity contribution in [3.63, 3.8) is 0 Å². The molecule has 1 atom stereocenters. The Kier molecular flexibility index (Phi) is 5.82. The summed E-state index contributed by atoms with van der Waals surface area (Å²) in [7, 11) is 0. The van der Waals surface area contributed by atoms with Crippen LogP contribution >= 0.6 is 11.8 Å². The molecule has 0 aromatic heterocycles. The van der Waals surface area contributed by atoms with E-state index in [2.05, 4.69) is 31.3 Å². The van der Waals surface area contributed by atoms with E-state index in [4.69, 9.17) is 4.74 Å². The van der Waals surface area contributed by atoms with E-state index in [-0.39, 0.29) is 16.4 Å². The number of nitrogens with one attached hydrogen (secondary N) is 1. The number of carbonyl (C=O) groups is 2. The lowest BCUT2D eigenvalue weighted by atomic mass is 9.74. The summed E-state index contributed by atoms with van der Waals surface area (Å²) in [4.78, 5) is 27.2. The molecule has 1 heterocycles. The molecule has 0 fully saturated rings. The Morgan fingerprint density at radius 2 is 1.76 bits per heavy atom. The van der Waals surface area contributed by atoms with Gasteiger partial charge < -0.3 is 10.1 Å². The van der Waals surface area contributed by atoms with Crippen molar-refractivity contribution in [3.05, 3.63) is 101 Å². The summed E-state index contributed by atoms with van der Waals surface area (Å²) in [5.41, 5.74) is 5.28. The molecule has 172 valence electrons. The summed E-state index contributed by atoms with van der Waals surface area (Å²) in [5.74, 6) is 0.249. The maximum atomic E-state index is 13.4. The summed E-state index contributed by atoms with van der Waals surface area (Å²) < 4.78 is 5.70.